The van der Waals surface area contributed by atoms with Gasteiger partial charge in [0.2, 0.25) is 0 Å². The number of hydrogen-bond acceptors (Lipinski definition) is 3. The molecule has 4 rings (SSSR count). The Morgan fingerprint density at radius 3 is 2.53 bits per heavy atom. The van der Waals surface area contributed by atoms with Crippen molar-refractivity contribution >= 4 is 28.6 Å². The number of para-hydroxylation sites is 2. The van der Waals surface area contributed by atoms with Crippen LogP contribution in [0.3, 0.4) is 0 Å². The minimum absolute atomic E-state index is 0.120. The summed E-state index contributed by atoms with van der Waals surface area (Å²) in [6, 6.07) is 24.1. The van der Waals surface area contributed by atoms with Crippen LogP contribution in [0.4, 0.5) is 0 Å². The van der Waals surface area contributed by atoms with Gasteiger partial charge < -0.3 is 15.0 Å². The first-order valence-corrected chi connectivity index (χ1v) is 10.9. The van der Waals surface area contributed by atoms with Crippen LogP contribution in [0, 0.1) is 6.92 Å². The van der Waals surface area contributed by atoms with Gasteiger partial charge in [0.15, 0.2) is 0 Å². The molecule has 0 saturated heterocycles. The lowest BCUT2D eigenvalue weighted by atomic mass is 10.1. The summed E-state index contributed by atoms with van der Waals surface area (Å²) < 4.78 is 5.28. The molecule has 2 N–H and O–H groups in total. The molecule has 30 heavy (non-hydrogen) atoms. The van der Waals surface area contributed by atoms with Crippen molar-refractivity contribution in [1.82, 2.24) is 10.3 Å². The summed E-state index contributed by atoms with van der Waals surface area (Å²) in [5.41, 5.74) is 5.20. The predicted octanol–water partition coefficient (Wildman–Crippen LogP) is 5.67. The number of carbonyl (C=O) groups is 1. The molecule has 1 amide bonds. The number of H-pyrrole nitrogens is 1. The third kappa shape index (κ3) is 4.21. The second kappa shape index (κ2) is 9.09. The van der Waals surface area contributed by atoms with Crippen molar-refractivity contribution in [3.05, 3.63) is 83.9 Å². The molecule has 1 heterocycles. The second-order valence-corrected chi connectivity index (χ2v) is 8.15. The van der Waals surface area contributed by atoms with Crippen LogP contribution >= 0.6 is 11.8 Å². The highest BCUT2D eigenvalue weighted by atomic mass is 32.2. The maximum atomic E-state index is 12.5. The van der Waals surface area contributed by atoms with Gasteiger partial charge in [-0.25, -0.2) is 0 Å². The summed E-state index contributed by atoms with van der Waals surface area (Å²) in [5, 5.41) is 4.20. The topological polar surface area (TPSA) is 54.1 Å². The number of rotatable bonds is 7. The number of methoxy groups -OCH3 is 1. The van der Waals surface area contributed by atoms with E-state index in [-0.39, 0.29) is 5.91 Å². The number of aromatic amines is 1. The van der Waals surface area contributed by atoms with Crippen LogP contribution in [-0.2, 0) is 0 Å². The number of thioether (sulfide) groups is 1. The van der Waals surface area contributed by atoms with E-state index in [1.54, 1.807) is 31.0 Å². The Bertz CT molecular complexity index is 1170. The molecule has 0 spiro atoms. The van der Waals surface area contributed by atoms with Gasteiger partial charge in [0.25, 0.3) is 5.91 Å². The lowest BCUT2D eigenvalue weighted by Crippen LogP contribution is -2.26. The Morgan fingerprint density at radius 2 is 1.73 bits per heavy atom. The molecule has 0 saturated carbocycles. The summed E-state index contributed by atoms with van der Waals surface area (Å²) >= 11 is 1.75. The zero-order chi connectivity index (χ0) is 20.9. The number of carbonyl (C=O) groups excluding carboxylic acids is 1. The zero-order valence-electron chi connectivity index (χ0n) is 17.1. The van der Waals surface area contributed by atoms with Crippen LogP contribution < -0.4 is 10.1 Å². The van der Waals surface area contributed by atoms with Crippen LogP contribution in [0.5, 0.6) is 5.75 Å². The van der Waals surface area contributed by atoms with Crippen LogP contribution in [0.25, 0.3) is 22.2 Å². The van der Waals surface area contributed by atoms with Gasteiger partial charge in [-0.3, -0.25) is 4.79 Å². The Kier molecular flexibility index (Phi) is 6.10. The second-order valence-electron chi connectivity index (χ2n) is 7.05. The van der Waals surface area contributed by atoms with Crippen molar-refractivity contribution in [2.75, 3.05) is 19.4 Å². The zero-order valence-corrected chi connectivity index (χ0v) is 17.9. The fraction of sp³-hybridized carbons (Fsp3) is 0.160. The van der Waals surface area contributed by atoms with Crippen molar-refractivity contribution in [3.8, 4) is 17.0 Å². The van der Waals surface area contributed by atoms with E-state index < -0.39 is 0 Å². The average Bonchev–Trinajstić information content (AvgIpc) is 3.15. The van der Waals surface area contributed by atoms with E-state index in [0.717, 1.165) is 22.5 Å². The smallest absolute Gasteiger partial charge is 0.255 e. The molecule has 0 atom stereocenters. The van der Waals surface area contributed by atoms with Crippen LogP contribution in [0.15, 0.2) is 77.7 Å². The maximum Gasteiger partial charge on any atom is 0.255 e. The number of ether oxygens (including phenoxy) is 1. The SMILES string of the molecule is COc1ccccc1C(=O)NCCSc1c(-c2ccc(C)cc2)[nH]c2ccccc12. The molecule has 4 nitrogen and oxygen atoms in total. The normalized spacial score (nSPS) is 10.9. The van der Waals surface area contributed by atoms with Gasteiger partial charge in [-0.1, -0.05) is 60.2 Å². The highest BCUT2D eigenvalue weighted by Gasteiger charge is 2.14. The van der Waals surface area contributed by atoms with Gasteiger partial charge in [0, 0.05) is 28.1 Å². The standard InChI is InChI=1S/C25H24N2O2S/c1-17-11-13-18(14-12-17)23-24(19-7-3-5-9-21(19)27-23)30-16-15-26-25(28)20-8-4-6-10-22(20)29-2/h3-14,27H,15-16H2,1-2H3,(H,26,28). The van der Waals surface area contributed by atoms with Gasteiger partial charge >= 0.3 is 0 Å². The molecule has 5 heteroatoms. The summed E-state index contributed by atoms with van der Waals surface area (Å²) in [4.78, 5) is 17.3. The van der Waals surface area contributed by atoms with Gasteiger partial charge in [0.1, 0.15) is 5.75 Å². The highest BCUT2D eigenvalue weighted by molar-refractivity contribution is 7.99. The minimum atomic E-state index is -0.120. The van der Waals surface area contributed by atoms with E-state index in [1.165, 1.54) is 15.8 Å². The van der Waals surface area contributed by atoms with Crippen LogP contribution in [0.2, 0.25) is 0 Å². The highest BCUT2D eigenvalue weighted by Crippen LogP contribution is 2.37. The molecule has 0 aliphatic carbocycles. The van der Waals surface area contributed by atoms with Crippen molar-refractivity contribution in [2.24, 2.45) is 0 Å². The Morgan fingerprint density at radius 1 is 1.00 bits per heavy atom. The number of aromatic nitrogens is 1. The van der Waals surface area contributed by atoms with Crippen molar-refractivity contribution < 1.29 is 9.53 Å². The summed E-state index contributed by atoms with van der Waals surface area (Å²) in [6.07, 6.45) is 0. The first-order valence-electron chi connectivity index (χ1n) is 9.89. The molecule has 1 aromatic heterocycles. The number of amides is 1. The minimum Gasteiger partial charge on any atom is -0.496 e. The van der Waals surface area contributed by atoms with Crippen LogP contribution in [-0.4, -0.2) is 30.3 Å². The fourth-order valence-corrected chi connectivity index (χ4v) is 4.49. The molecule has 3 aromatic carbocycles. The van der Waals surface area contributed by atoms with Gasteiger partial charge in [0.05, 0.1) is 18.4 Å². The van der Waals surface area contributed by atoms with Gasteiger partial charge in [-0.2, -0.15) is 0 Å². The lowest BCUT2D eigenvalue weighted by molar-refractivity contribution is 0.0953. The summed E-state index contributed by atoms with van der Waals surface area (Å²) in [6.45, 7) is 2.66. The fourth-order valence-electron chi connectivity index (χ4n) is 3.43. The van der Waals surface area contributed by atoms with E-state index in [0.29, 0.717) is 17.9 Å². The van der Waals surface area contributed by atoms with E-state index in [4.69, 9.17) is 4.74 Å². The van der Waals surface area contributed by atoms with Crippen molar-refractivity contribution in [1.29, 1.82) is 0 Å². The number of aryl methyl sites for hydroxylation is 1. The Labute approximate surface area is 180 Å². The lowest BCUT2D eigenvalue weighted by Gasteiger charge is -2.09. The number of nitrogens with one attached hydrogen (secondary N) is 2. The first kappa shape index (κ1) is 20.1. The van der Waals surface area contributed by atoms with Crippen molar-refractivity contribution in [2.45, 2.75) is 11.8 Å². The molecule has 0 unspecified atom stereocenters. The molecule has 0 aliphatic heterocycles. The van der Waals surface area contributed by atoms with Gasteiger partial charge in [-0.05, 0) is 30.7 Å². The van der Waals surface area contributed by atoms with Crippen LogP contribution in [0.1, 0.15) is 15.9 Å². The third-order valence-electron chi connectivity index (χ3n) is 4.98. The molecule has 0 bridgehead atoms. The average molecular weight is 417 g/mol. The number of fused-ring (bicyclic) bond motifs is 1. The molecule has 152 valence electrons. The van der Waals surface area contributed by atoms with E-state index >= 15 is 0 Å². The largest absolute Gasteiger partial charge is 0.496 e. The number of hydrogen-bond donors (Lipinski definition) is 2. The van der Waals surface area contributed by atoms with Gasteiger partial charge in [-0.15, -0.1) is 11.8 Å². The monoisotopic (exact) mass is 416 g/mol. The predicted molar refractivity (Wildman–Crippen MR) is 125 cm³/mol. The molecule has 0 aliphatic rings. The van der Waals surface area contributed by atoms with Crippen molar-refractivity contribution in [3.63, 3.8) is 0 Å². The van der Waals surface area contributed by atoms with E-state index in [1.807, 2.05) is 18.2 Å². The Balaban J connectivity index is 1.49. The summed E-state index contributed by atoms with van der Waals surface area (Å²) in [5.74, 6) is 1.23. The quantitative estimate of drug-likeness (QED) is 0.301. The molecule has 0 radical (unpaired) electrons. The summed E-state index contributed by atoms with van der Waals surface area (Å²) in [7, 11) is 1.57. The Hall–Kier alpha value is -3.18. The molecular weight excluding hydrogens is 392 g/mol. The molecular formula is C25H24N2O2S. The number of benzene rings is 3. The van der Waals surface area contributed by atoms with E-state index in [9.17, 15) is 4.79 Å². The van der Waals surface area contributed by atoms with E-state index in [2.05, 4.69) is 59.7 Å². The molecule has 4 aromatic rings. The first-order chi connectivity index (χ1) is 14.7. The maximum absolute atomic E-state index is 12.5. The third-order valence-corrected chi connectivity index (χ3v) is 6.11. The molecule has 0 fully saturated rings.